The molecule has 1 aliphatic heterocycles. The standard InChI is InChI=1S/C16H17N7O2/c1-3-21-15(24)20(2)23(16(21)25)13-7-11-10-22(19-14(11)18-9-13)12-5-4-6-17-8-12/h4-10,16,25H,3H2,1-2H3. The highest BCUT2D eigenvalue weighted by atomic mass is 16.3. The number of hydrazine groups is 1. The molecule has 3 aromatic rings. The summed E-state index contributed by atoms with van der Waals surface area (Å²) in [6.45, 7) is 2.23. The maximum atomic E-state index is 12.2. The number of carbonyl (C=O) groups is 1. The third-order valence-corrected chi connectivity index (χ3v) is 4.20. The molecule has 0 spiro atoms. The molecule has 3 aromatic heterocycles. The van der Waals surface area contributed by atoms with E-state index in [0.29, 0.717) is 17.9 Å². The van der Waals surface area contributed by atoms with Gasteiger partial charge in [0.1, 0.15) is 0 Å². The number of aromatic nitrogens is 4. The maximum Gasteiger partial charge on any atom is 0.342 e. The monoisotopic (exact) mass is 339 g/mol. The normalized spacial score (nSPS) is 17.8. The zero-order valence-corrected chi connectivity index (χ0v) is 13.8. The summed E-state index contributed by atoms with van der Waals surface area (Å²) in [6.07, 6.45) is 5.78. The van der Waals surface area contributed by atoms with Crippen molar-refractivity contribution in [3.8, 4) is 5.69 Å². The van der Waals surface area contributed by atoms with E-state index in [9.17, 15) is 9.90 Å². The lowest BCUT2D eigenvalue weighted by Gasteiger charge is -2.27. The van der Waals surface area contributed by atoms with Gasteiger partial charge in [0.15, 0.2) is 5.65 Å². The first-order valence-electron chi connectivity index (χ1n) is 7.87. The molecule has 2 amide bonds. The molecule has 128 valence electrons. The highest BCUT2D eigenvalue weighted by Gasteiger charge is 2.40. The summed E-state index contributed by atoms with van der Waals surface area (Å²) in [5.74, 6) is 0. The molecule has 4 rings (SSSR count). The van der Waals surface area contributed by atoms with Gasteiger partial charge in [-0.25, -0.2) is 24.5 Å². The van der Waals surface area contributed by atoms with Crippen molar-refractivity contribution < 1.29 is 9.90 Å². The third kappa shape index (κ3) is 2.36. The van der Waals surface area contributed by atoms with Gasteiger partial charge in [-0.05, 0) is 25.1 Å². The first kappa shape index (κ1) is 15.3. The third-order valence-electron chi connectivity index (χ3n) is 4.20. The summed E-state index contributed by atoms with van der Waals surface area (Å²) in [5, 5.41) is 18.5. The number of hydrogen-bond donors (Lipinski definition) is 1. The van der Waals surface area contributed by atoms with E-state index in [1.54, 1.807) is 30.3 Å². The number of carbonyl (C=O) groups excluding carboxylic acids is 1. The molecule has 25 heavy (non-hydrogen) atoms. The van der Waals surface area contributed by atoms with Crippen molar-refractivity contribution in [1.29, 1.82) is 0 Å². The van der Waals surface area contributed by atoms with Crippen LogP contribution in [0.5, 0.6) is 0 Å². The number of pyridine rings is 2. The SMILES string of the molecule is CCN1C(=O)N(C)N(c2cnc3nn(-c4cccnc4)cc3c2)C1O. The fourth-order valence-corrected chi connectivity index (χ4v) is 2.92. The van der Waals surface area contributed by atoms with E-state index in [1.165, 1.54) is 14.9 Å². The van der Waals surface area contributed by atoms with E-state index >= 15 is 0 Å². The number of fused-ring (bicyclic) bond motifs is 1. The minimum atomic E-state index is -1.06. The van der Waals surface area contributed by atoms with Gasteiger partial charge in [0.25, 0.3) is 0 Å². The lowest BCUT2D eigenvalue weighted by Crippen LogP contribution is -2.41. The molecule has 9 heteroatoms. The molecule has 0 bridgehead atoms. The van der Waals surface area contributed by atoms with Crippen LogP contribution in [0.15, 0.2) is 43.0 Å². The Balaban J connectivity index is 1.73. The van der Waals surface area contributed by atoms with Gasteiger partial charge in [0.05, 0.1) is 23.8 Å². The molecule has 0 radical (unpaired) electrons. The molecule has 1 atom stereocenters. The Morgan fingerprint density at radius 3 is 2.80 bits per heavy atom. The molecule has 0 aromatic carbocycles. The molecule has 1 fully saturated rings. The van der Waals surface area contributed by atoms with Gasteiger partial charge in [-0.3, -0.25) is 9.88 Å². The van der Waals surface area contributed by atoms with Crippen molar-refractivity contribution in [3.05, 3.63) is 43.0 Å². The predicted octanol–water partition coefficient (Wildman–Crippen LogP) is 1.20. The van der Waals surface area contributed by atoms with E-state index in [-0.39, 0.29) is 6.03 Å². The number of aliphatic hydroxyl groups is 1. The molecule has 1 aliphatic rings. The summed E-state index contributed by atoms with van der Waals surface area (Å²) in [5.41, 5.74) is 2.01. The maximum absolute atomic E-state index is 12.2. The quantitative estimate of drug-likeness (QED) is 0.771. The van der Waals surface area contributed by atoms with Crippen molar-refractivity contribution in [2.75, 3.05) is 18.6 Å². The minimum absolute atomic E-state index is 0.263. The minimum Gasteiger partial charge on any atom is -0.355 e. The van der Waals surface area contributed by atoms with Crippen LogP contribution in [0.3, 0.4) is 0 Å². The Hall–Kier alpha value is -3.20. The number of anilines is 1. The highest BCUT2D eigenvalue weighted by molar-refractivity contribution is 5.83. The van der Waals surface area contributed by atoms with E-state index in [0.717, 1.165) is 11.1 Å². The van der Waals surface area contributed by atoms with Gasteiger partial charge in [-0.2, -0.15) is 0 Å². The van der Waals surface area contributed by atoms with Crippen LogP contribution < -0.4 is 5.01 Å². The van der Waals surface area contributed by atoms with Crippen LogP contribution in [0, 0.1) is 0 Å². The molecular weight excluding hydrogens is 322 g/mol. The van der Waals surface area contributed by atoms with Crippen LogP contribution in [0.2, 0.25) is 0 Å². The van der Waals surface area contributed by atoms with Crippen molar-refractivity contribution in [2.45, 2.75) is 13.3 Å². The van der Waals surface area contributed by atoms with Gasteiger partial charge >= 0.3 is 6.03 Å². The fraction of sp³-hybridized carbons (Fsp3) is 0.250. The smallest absolute Gasteiger partial charge is 0.342 e. The average Bonchev–Trinajstić information content (AvgIpc) is 3.14. The summed E-state index contributed by atoms with van der Waals surface area (Å²) in [6, 6.07) is 5.31. The molecule has 1 N–H and O–H groups in total. The van der Waals surface area contributed by atoms with Gasteiger partial charge in [0.2, 0.25) is 6.35 Å². The fourth-order valence-electron chi connectivity index (χ4n) is 2.92. The highest BCUT2D eigenvalue weighted by Crippen LogP contribution is 2.28. The summed E-state index contributed by atoms with van der Waals surface area (Å²) in [7, 11) is 1.62. The topological polar surface area (TPSA) is 90.6 Å². The average molecular weight is 339 g/mol. The summed E-state index contributed by atoms with van der Waals surface area (Å²) < 4.78 is 1.70. The van der Waals surface area contributed by atoms with Crippen molar-refractivity contribution >= 4 is 22.8 Å². The molecule has 0 aliphatic carbocycles. The molecule has 9 nitrogen and oxygen atoms in total. The van der Waals surface area contributed by atoms with Crippen molar-refractivity contribution in [2.24, 2.45) is 0 Å². The van der Waals surface area contributed by atoms with Crippen molar-refractivity contribution in [1.82, 2.24) is 29.7 Å². The van der Waals surface area contributed by atoms with E-state index in [2.05, 4.69) is 15.1 Å². The van der Waals surface area contributed by atoms with Crippen LogP contribution in [-0.4, -0.2) is 60.7 Å². The summed E-state index contributed by atoms with van der Waals surface area (Å²) >= 11 is 0. The Labute approximate surface area is 143 Å². The molecular formula is C16H17N7O2. The van der Waals surface area contributed by atoms with Gasteiger partial charge in [-0.1, -0.05) is 0 Å². The van der Waals surface area contributed by atoms with Crippen LogP contribution in [0.4, 0.5) is 10.5 Å². The second-order valence-corrected chi connectivity index (χ2v) is 5.67. The number of nitrogens with zero attached hydrogens (tertiary/aromatic N) is 7. The van der Waals surface area contributed by atoms with Crippen LogP contribution in [-0.2, 0) is 0 Å². The first-order valence-corrected chi connectivity index (χ1v) is 7.87. The number of aliphatic hydroxyl groups excluding tert-OH is 1. The van der Waals surface area contributed by atoms with Crippen LogP contribution in [0.25, 0.3) is 16.7 Å². The van der Waals surface area contributed by atoms with E-state index in [1.807, 2.05) is 31.3 Å². The number of urea groups is 1. The van der Waals surface area contributed by atoms with Gasteiger partial charge in [0, 0.05) is 31.4 Å². The van der Waals surface area contributed by atoms with E-state index < -0.39 is 6.35 Å². The zero-order valence-electron chi connectivity index (χ0n) is 13.8. The first-order chi connectivity index (χ1) is 12.1. The van der Waals surface area contributed by atoms with Crippen LogP contribution in [0.1, 0.15) is 6.92 Å². The lowest BCUT2D eigenvalue weighted by molar-refractivity contribution is 0.0565. The largest absolute Gasteiger partial charge is 0.355 e. The Morgan fingerprint density at radius 2 is 2.12 bits per heavy atom. The lowest BCUT2D eigenvalue weighted by atomic mass is 10.3. The second kappa shape index (κ2) is 5.71. The molecule has 1 unspecified atom stereocenters. The van der Waals surface area contributed by atoms with Gasteiger partial charge < -0.3 is 5.11 Å². The number of amides is 2. The van der Waals surface area contributed by atoms with E-state index in [4.69, 9.17) is 0 Å². The van der Waals surface area contributed by atoms with Crippen molar-refractivity contribution in [3.63, 3.8) is 0 Å². The zero-order chi connectivity index (χ0) is 17.6. The van der Waals surface area contributed by atoms with Crippen LogP contribution >= 0.6 is 0 Å². The molecule has 0 saturated carbocycles. The Morgan fingerprint density at radius 1 is 1.28 bits per heavy atom. The number of rotatable bonds is 3. The predicted molar refractivity (Wildman–Crippen MR) is 90.7 cm³/mol. The Kier molecular flexibility index (Phi) is 3.50. The van der Waals surface area contributed by atoms with Gasteiger partial charge in [-0.15, -0.1) is 5.10 Å². The second-order valence-electron chi connectivity index (χ2n) is 5.67. The Bertz CT molecular complexity index is 927. The molecule has 1 saturated heterocycles. The summed E-state index contributed by atoms with van der Waals surface area (Å²) in [4.78, 5) is 22.0. The number of hydrogen-bond acceptors (Lipinski definition) is 6. The molecule has 4 heterocycles.